The smallest absolute Gasteiger partial charge is 0.220 e. The van der Waals surface area contributed by atoms with Gasteiger partial charge in [-0.1, -0.05) is 0 Å². The van der Waals surface area contributed by atoms with Crippen molar-refractivity contribution in [2.75, 3.05) is 26.2 Å². The van der Waals surface area contributed by atoms with E-state index in [1.54, 1.807) is 7.11 Å². The van der Waals surface area contributed by atoms with Crippen LogP contribution in [0.2, 0.25) is 0 Å². The average Bonchev–Trinajstić information content (AvgIpc) is 2.27. The van der Waals surface area contributed by atoms with Gasteiger partial charge in [-0.3, -0.25) is 4.79 Å². The van der Waals surface area contributed by atoms with Crippen LogP contribution in [0.25, 0.3) is 0 Å². The Bertz CT molecular complexity index is 238. The van der Waals surface area contributed by atoms with Crippen molar-refractivity contribution in [3.63, 3.8) is 0 Å². The van der Waals surface area contributed by atoms with Gasteiger partial charge in [-0.2, -0.15) is 0 Å². The van der Waals surface area contributed by atoms with Gasteiger partial charge in [0.2, 0.25) is 5.91 Å². The Morgan fingerprint density at radius 2 is 2.22 bits per heavy atom. The van der Waals surface area contributed by atoms with E-state index < -0.39 is 0 Å². The molecule has 0 radical (unpaired) electrons. The third-order valence-corrected chi connectivity index (χ3v) is 3.48. The van der Waals surface area contributed by atoms with E-state index in [-0.39, 0.29) is 11.9 Å². The lowest BCUT2D eigenvalue weighted by Crippen LogP contribution is -2.41. The molecule has 5 heteroatoms. The molecule has 0 aromatic heterocycles. The fourth-order valence-corrected chi connectivity index (χ4v) is 2.56. The first kappa shape index (κ1) is 15.7. The molecule has 1 rings (SSSR count). The lowest BCUT2D eigenvalue weighted by atomic mass is 9.80. The standard InChI is InChI=1S/C13H24ClNO3/c1-3-18-12-6-10(7-12)8-13(16)15-11(4-5-14)9-17-2/h10-12H,3-9H2,1-2H3,(H,15,16). The van der Waals surface area contributed by atoms with E-state index in [1.807, 2.05) is 6.92 Å². The van der Waals surface area contributed by atoms with Gasteiger partial charge < -0.3 is 14.8 Å². The number of nitrogens with one attached hydrogen (secondary N) is 1. The van der Waals surface area contributed by atoms with Crippen LogP contribution in [0.5, 0.6) is 0 Å². The summed E-state index contributed by atoms with van der Waals surface area (Å²) in [6.07, 6.45) is 3.71. The highest BCUT2D eigenvalue weighted by molar-refractivity contribution is 6.17. The van der Waals surface area contributed by atoms with Crippen LogP contribution in [0, 0.1) is 5.92 Å². The Balaban J connectivity index is 2.16. The van der Waals surface area contributed by atoms with E-state index in [9.17, 15) is 4.79 Å². The number of hydrogen-bond donors (Lipinski definition) is 1. The van der Waals surface area contributed by atoms with Crippen LogP contribution in [-0.2, 0) is 14.3 Å². The van der Waals surface area contributed by atoms with Crippen LogP contribution in [0.3, 0.4) is 0 Å². The zero-order chi connectivity index (χ0) is 13.4. The molecule has 0 aliphatic heterocycles. The van der Waals surface area contributed by atoms with Crippen molar-refractivity contribution in [2.45, 2.75) is 44.8 Å². The maximum atomic E-state index is 11.8. The molecule has 4 nitrogen and oxygen atoms in total. The van der Waals surface area contributed by atoms with Gasteiger partial charge >= 0.3 is 0 Å². The molecule has 0 saturated heterocycles. The molecule has 1 saturated carbocycles. The molecule has 0 bridgehead atoms. The quantitative estimate of drug-likeness (QED) is 0.656. The monoisotopic (exact) mass is 277 g/mol. The van der Waals surface area contributed by atoms with Gasteiger partial charge in [0.25, 0.3) is 0 Å². The van der Waals surface area contributed by atoms with Crippen LogP contribution in [-0.4, -0.2) is 44.3 Å². The molecule has 1 N–H and O–H groups in total. The molecule has 1 fully saturated rings. The normalized spacial score (nSPS) is 24.4. The van der Waals surface area contributed by atoms with Crippen molar-refractivity contribution in [2.24, 2.45) is 5.92 Å². The maximum Gasteiger partial charge on any atom is 0.220 e. The van der Waals surface area contributed by atoms with Crippen LogP contribution in [0.1, 0.15) is 32.6 Å². The lowest BCUT2D eigenvalue weighted by Gasteiger charge is -2.34. The molecule has 0 heterocycles. The van der Waals surface area contributed by atoms with Gasteiger partial charge in [-0.25, -0.2) is 0 Å². The fraction of sp³-hybridized carbons (Fsp3) is 0.923. The van der Waals surface area contributed by atoms with E-state index in [0.717, 1.165) is 25.9 Å². The lowest BCUT2D eigenvalue weighted by molar-refractivity contribution is -0.125. The Hall–Kier alpha value is -0.320. The summed E-state index contributed by atoms with van der Waals surface area (Å²) in [5.74, 6) is 1.10. The number of amides is 1. The third kappa shape index (κ3) is 5.55. The average molecular weight is 278 g/mol. The van der Waals surface area contributed by atoms with Gasteiger partial charge in [0.15, 0.2) is 0 Å². The molecular weight excluding hydrogens is 254 g/mol. The zero-order valence-electron chi connectivity index (χ0n) is 11.3. The van der Waals surface area contributed by atoms with E-state index in [4.69, 9.17) is 21.1 Å². The molecule has 1 unspecified atom stereocenters. The summed E-state index contributed by atoms with van der Waals surface area (Å²) in [6.45, 7) is 3.28. The number of carbonyl (C=O) groups is 1. The molecule has 1 aliphatic carbocycles. The van der Waals surface area contributed by atoms with Crippen molar-refractivity contribution in [3.05, 3.63) is 0 Å². The molecule has 1 amide bonds. The number of ether oxygens (including phenoxy) is 2. The Labute approximate surface area is 114 Å². The van der Waals surface area contributed by atoms with Crippen molar-refractivity contribution < 1.29 is 14.3 Å². The predicted molar refractivity (Wildman–Crippen MR) is 71.9 cm³/mol. The van der Waals surface area contributed by atoms with E-state index in [2.05, 4.69) is 5.32 Å². The van der Waals surface area contributed by atoms with Crippen molar-refractivity contribution in [3.8, 4) is 0 Å². The van der Waals surface area contributed by atoms with Crippen molar-refractivity contribution in [1.82, 2.24) is 5.32 Å². The molecule has 1 aliphatic rings. The first-order chi connectivity index (χ1) is 8.69. The first-order valence-corrected chi connectivity index (χ1v) is 7.18. The van der Waals surface area contributed by atoms with Crippen LogP contribution in [0.4, 0.5) is 0 Å². The van der Waals surface area contributed by atoms with Gasteiger partial charge in [0, 0.05) is 26.0 Å². The number of halogens is 1. The van der Waals surface area contributed by atoms with Gasteiger partial charge in [0.05, 0.1) is 18.8 Å². The molecule has 0 aromatic rings. The zero-order valence-corrected chi connectivity index (χ0v) is 12.0. The first-order valence-electron chi connectivity index (χ1n) is 6.65. The third-order valence-electron chi connectivity index (χ3n) is 3.26. The molecule has 1 atom stereocenters. The number of methoxy groups -OCH3 is 1. The summed E-state index contributed by atoms with van der Waals surface area (Å²) in [5, 5.41) is 2.98. The Kier molecular flexibility index (Phi) is 7.63. The SMILES string of the molecule is CCOC1CC(CC(=O)NC(CCCl)COC)C1. The second kappa shape index (κ2) is 8.73. The van der Waals surface area contributed by atoms with E-state index in [0.29, 0.717) is 30.9 Å². The second-order valence-electron chi connectivity index (χ2n) is 4.82. The second-order valence-corrected chi connectivity index (χ2v) is 5.19. The van der Waals surface area contributed by atoms with Crippen molar-refractivity contribution in [1.29, 1.82) is 0 Å². The summed E-state index contributed by atoms with van der Waals surface area (Å²) < 4.78 is 10.5. The minimum atomic E-state index is 0.0303. The summed E-state index contributed by atoms with van der Waals surface area (Å²) in [7, 11) is 1.63. The molecule has 18 heavy (non-hydrogen) atoms. The van der Waals surface area contributed by atoms with Crippen LogP contribution >= 0.6 is 11.6 Å². The molecule has 0 aromatic carbocycles. The van der Waals surface area contributed by atoms with Crippen LogP contribution < -0.4 is 5.32 Å². The van der Waals surface area contributed by atoms with E-state index >= 15 is 0 Å². The van der Waals surface area contributed by atoms with Gasteiger partial charge in [0.1, 0.15) is 0 Å². The summed E-state index contributed by atoms with van der Waals surface area (Å²) in [6, 6.07) is 0.0303. The Morgan fingerprint density at radius 3 is 2.78 bits per heavy atom. The predicted octanol–water partition coefficient (Wildman–Crippen LogP) is 1.95. The highest BCUT2D eigenvalue weighted by atomic mass is 35.5. The molecular formula is C13H24ClNO3. The largest absolute Gasteiger partial charge is 0.383 e. The fourth-order valence-electron chi connectivity index (χ4n) is 2.29. The molecule has 0 spiro atoms. The topological polar surface area (TPSA) is 47.6 Å². The van der Waals surface area contributed by atoms with Crippen molar-refractivity contribution >= 4 is 17.5 Å². The minimum Gasteiger partial charge on any atom is -0.383 e. The van der Waals surface area contributed by atoms with Crippen LogP contribution in [0.15, 0.2) is 0 Å². The van der Waals surface area contributed by atoms with Gasteiger partial charge in [-0.15, -0.1) is 11.6 Å². The summed E-state index contributed by atoms with van der Waals surface area (Å²) >= 11 is 5.69. The highest BCUT2D eigenvalue weighted by Crippen LogP contribution is 2.32. The summed E-state index contributed by atoms with van der Waals surface area (Å²) in [5.41, 5.74) is 0. The number of hydrogen-bond acceptors (Lipinski definition) is 3. The number of alkyl halides is 1. The van der Waals surface area contributed by atoms with E-state index in [1.165, 1.54) is 0 Å². The highest BCUT2D eigenvalue weighted by Gasteiger charge is 2.31. The maximum absolute atomic E-state index is 11.8. The Morgan fingerprint density at radius 1 is 1.50 bits per heavy atom. The minimum absolute atomic E-state index is 0.0303. The number of rotatable bonds is 9. The molecule has 106 valence electrons. The number of carbonyl (C=O) groups excluding carboxylic acids is 1. The summed E-state index contributed by atoms with van der Waals surface area (Å²) in [4.78, 5) is 11.8. The van der Waals surface area contributed by atoms with Gasteiger partial charge in [-0.05, 0) is 32.1 Å².